The van der Waals surface area contributed by atoms with Gasteiger partial charge in [0, 0.05) is 5.02 Å². The van der Waals surface area contributed by atoms with Gasteiger partial charge in [-0.05, 0) is 86.1 Å². The van der Waals surface area contributed by atoms with Gasteiger partial charge in [-0.25, -0.2) is 0 Å². The maximum absolute atomic E-state index is 13.6. The Labute approximate surface area is 182 Å². The van der Waals surface area contributed by atoms with E-state index in [9.17, 15) is 9.59 Å². The predicted molar refractivity (Wildman–Crippen MR) is 118 cm³/mol. The van der Waals surface area contributed by atoms with Crippen LogP contribution in [-0.2, 0) is 20.7 Å². The van der Waals surface area contributed by atoms with Crippen LogP contribution in [0.15, 0.2) is 36.4 Å². The number of ether oxygens (including phenoxy) is 1. The van der Waals surface area contributed by atoms with Gasteiger partial charge in [0.1, 0.15) is 5.92 Å². The van der Waals surface area contributed by atoms with E-state index in [-0.39, 0.29) is 23.4 Å². The number of carbonyl (C=O) groups is 2. The highest BCUT2D eigenvalue weighted by Crippen LogP contribution is 2.62. The van der Waals surface area contributed by atoms with Crippen molar-refractivity contribution in [1.29, 1.82) is 0 Å². The van der Waals surface area contributed by atoms with Crippen molar-refractivity contribution >= 4 is 23.2 Å². The van der Waals surface area contributed by atoms with Crippen molar-refractivity contribution in [2.75, 3.05) is 0 Å². The summed E-state index contributed by atoms with van der Waals surface area (Å²) < 4.78 is 6.26. The highest BCUT2D eigenvalue weighted by Gasteiger charge is 2.72. The summed E-state index contributed by atoms with van der Waals surface area (Å²) in [6.07, 6.45) is 2.48. The molecule has 2 aromatic rings. The second-order valence-corrected chi connectivity index (χ2v) is 10.1. The molecule has 156 valence electrons. The van der Waals surface area contributed by atoms with E-state index >= 15 is 0 Å². The van der Waals surface area contributed by atoms with Gasteiger partial charge in [0.15, 0.2) is 11.6 Å². The molecule has 1 aliphatic carbocycles. The van der Waals surface area contributed by atoms with E-state index in [4.69, 9.17) is 16.3 Å². The fourth-order valence-corrected chi connectivity index (χ4v) is 6.54. The summed E-state index contributed by atoms with van der Waals surface area (Å²) in [6, 6.07) is 12.0. The fraction of sp³-hybridized carbons (Fsp3) is 0.462. The molecule has 4 heteroatoms. The third kappa shape index (κ3) is 2.61. The van der Waals surface area contributed by atoms with E-state index in [1.165, 1.54) is 0 Å². The van der Waals surface area contributed by atoms with E-state index in [0.717, 1.165) is 47.1 Å². The van der Waals surface area contributed by atoms with E-state index in [0.29, 0.717) is 5.02 Å². The molecule has 2 saturated heterocycles. The number of aryl methyl sites for hydroxylation is 2. The molecule has 3 fully saturated rings. The summed E-state index contributed by atoms with van der Waals surface area (Å²) in [5, 5.41) is 0.701. The predicted octanol–water partition coefficient (Wildman–Crippen LogP) is 5.69. The Hall–Kier alpha value is -1.97. The van der Waals surface area contributed by atoms with Gasteiger partial charge in [-0.2, -0.15) is 0 Å². The van der Waals surface area contributed by atoms with Crippen LogP contribution in [0, 0.1) is 18.8 Å². The van der Waals surface area contributed by atoms with Crippen molar-refractivity contribution in [3.63, 3.8) is 0 Å². The zero-order chi connectivity index (χ0) is 21.4. The molecule has 1 saturated carbocycles. The molecule has 1 unspecified atom stereocenters. The van der Waals surface area contributed by atoms with Crippen LogP contribution < -0.4 is 0 Å². The number of rotatable bonds is 3. The van der Waals surface area contributed by atoms with Gasteiger partial charge in [-0.15, -0.1) is 0 Å². The number of Topliss-reactive ketones (excluding diaryl/α,β-unsaturated/α-hetero) is 2. The summed E-state index contributed by atoms with van der Waals surface area (Å²) >= 11 is 6.14. The summed E-state index contributed by atoms with van der Waals surface area (Å²) in [6.45, 7) is 8.14. The molecule has 0 N–H and O–H groups in total. The lowest BCUT2D eigenvalue weighted by Gasteiger charge is -2.28. The molecule has 2 bridgehead atoms. The maximum atomic E-state index is 13.6. The second kappa shape index (κ2) is 6.51. The number of fused-ring (bicyclic) bond motifs is 5. The second-order valence-electron chi connectivity index (χ2n) is 9.65. The van der Waals surface area contributed by atoms with Crippen molar-refractivity contribution < 1.29 is 14.3 Å². The normalized spacial score (nSPS) is 34.6. The lowest BCUT2D eigenvalue weighted by atomic mass is 9.69. The minimum atomic E-state index is -0.678. The van der Waals surface area contributed by atoms with Crippen LogP contribution in [0.3, 0.4) is 0 Å². The van der Waals surface area contributed by atoms with E-state index in [1.54, 1.807) is 0 Å². The van der Waals surface area contributed by atoms with Crippen LogP contribution in [0.5, 0.6) is 0 Å². The summed E-state index contributed by atoms with van der Waals surface area (Å²) in [5.41, 5.74) is 4.11. The zero-order valence-electron chi connectivity index (χ0n) is 17.9. The molecule has 0 radical (unpaired) electrons. The van der Waals surface area contributed by atoms with Gasteiger partial charge in [0.2, 0.25) is 0 Å². The van der Waals surface area contributed by atoms with Gasteiger partial charge in [-0.3, -0.25) is 9.59 Å². The molecule has 5 atom stereocenters. The van der Waals surface area contributed by atoms with Crippen LogP contribution in [-0.4, -0.2) is 22.8 Å². The highest BCUT2D eigenvalue weighted by molar-refractivity contribution is 6.30. The molecule has 5 rings (SSSR count). The molecule has 0 amide bonds. The first-order valence-electron chi connectivity index (χ1n) is 10.9. The van der Waals surface area contributed by atoms with Crippen molar-refractivity contribution in [1.82, 2.24) is 0 Å². The van der Waals surface area contributed by atoms with Gasteiger partial charge < -0.3 is 4.74 Å². The molecule has 0 aromatic heterocycles. The molecule has 30 heavy (non-hydrogen) atoms. The van der Waals surface area contributed by atoms with Gasteiger partial charge in [0.05, 0.1) is 23.0 Å². The highest BCUT2D eigenvalue weighted by atomic mass is 35.5. The van der Waals surface area contributed by atoms with Crippen molar-refractivity contribution in [2.45, 2.75) is 64.1 Å². The fourth-order valence-electron chi connectivity index (χ4n) is 6.31. The Morgan fingerprint density at radius 3 is 2.20 bits per heavy atom. The summed E-state index contributed by atoms with van der Waals surface area (Å²) in [5.74, 6) is -1.21. The van der Waals surface area contributed by atoms with Gasteiger partial charge >= 0.3 is 0 Å². The summed E-state index contributed by atoms with van der Waals surface area (Å²) in [7, 11) is 0. The average Bonchev–Trinajstić information content (AvgIpc) is 3.25. The van der Waals surface area contributed by atoms with Crippen LogP contribution in [0.4, 0.5) is 0 Å². The minimum Gasteiger partial charge on any atom is -0.368 e. The number of halogens is 1. The monoisotopic (exact) mass is 422 g/mol. The minimum absolute atomic E-state index is 0.0515. The Kier molecular flexibility index (Phi) is 4.33. The van der Waals surface area contributed by atoms with Gasteiger partial charge in [-0.1, -0.05) is 36.7 Å². The number of carbonyl (C=O) groups excluding carboxylic acids is 2. The maximum Gasteiger partial charge on any atom is 0.154 e. The Morgan fingerprint density at radius 1 is 1.00 bits per heavy atom. The average molecular weight is 423 g/mol. The van der Waals surface area contributed by atoms with Crippen LogP contribution >= 0.6 is 11.6 Å². The summed E-state index contributed by atoms with van der Waals surface area (Å²) in [4.78, 5) is 27.3. The Balaban J connectivity index is 1.62. The first-order chi connectivity index (χ1) is 14.2. The molecule has 2 aliphatic heterocycles. The lowest BCUT2D eigenvalue weighted by molar-refractivity contribution is -0.132. The SMILES string of the molecule is CCc1ccc(-c2ccc(Cl)cc2C)cc1C1C(=O)[C@@H]2[C@H](C1=O)[C@@]1(C)CC[C@]2(C)O1. The zero-order valence-corrected chi connectivity index (χ0v) is 18.7. The number of ketones is 2. The van der Waals surface area contributed by atoms with Gasteiger partial charge in [0.25, 0.3) is 0 Å². The Morgan fingerprint density at radius 2 is 1.63 bits per heavy atom. The first kappa shape index (κ1) is 20.0. The molecular formula is C26H27ClO3. The molecule has 3 aliphatic rings. The largest absolute Gasteiger partial charge is 0.368 e. The van der Waals surface area contributed by atoms with Crippen molar-refractivity contribution in [3.8, 4) is 11.1 Å². The molecule has 0 spiro atoms. The molecule has 2 heterocycles. The third-order valence-corrected chi connectivity index (χ3v) is 7.99. The first-order valence-corrected chi connectivity index (χ1v) is 11.2. The van der Waals surface area contributed by atoms with Crippen molar-refractivity contribution in [2.24, 2.45) is 11.8 Å². The van der Waals surface area contributed by atoms with Crippen molar-refractivity contribution in [3.05, 3.63) is 58.1 Å². The standard InChI is InChI=1S/C26H27ClO3/c1-5-15-6-7-16(18-9-8-17(27)12-14(18)2)13-19(15)20-23(28)21-22(24(20)29)26(4)11-10-25(21,3)30-26/h6-9,12-13,20-22H,5,10-11H2,1-4H3/t20?,21-,22+,25-,26+. The number of hydrogen-bond acceptors (Lipinski definition) is 3. The molecular weight excluding hydrogens is 396 g/mol. The number of benzene rings is 2. The van der Waals surface area contributed by atoms with E-state index < -0.39 is 17.1 Å². The van der Waals surface area contributed by atoms with E-state index in [1.807, 2.05) is 39.0 Å². The van der Waals surface area contributed by atoms with Crippen LogP contribution in [0.1, 0.15) is 56.2 Å². The van der Waals surface area contributed by atoms with Crippen LogP contribution in [0.2, 0.25) is 5.02 Å². The number of hydrogen-bond donors (Lipinski definition) is 0. The quantitative estimate of drug-likeness (QED) is 0.597. The Bertz CT molecular complexity index is 1060. The topological polar surface area (TPSA) is 43.4 Å². The van der Waals surface area contributed by atoms with E-state index in [2.05, 4.69) is 25.1 Å². The third-order valence-electron chi connectivity index (χ3n) is 7.75. The molecule has 2 aromatic carbocycles. The lowest BCUT2D eigenvalue weighted by Crippen LogP contribution is -2.40. The van der Waals surface area contributed by atoms with Crippen LogP contribution in [0.25, 0.3) is 11.1 Å². The smallest absolute Gasteiger partial charge is 0.154 e. The molecule has 3 nitrogen and oxygen atoms in total.